The summed E-state index contributed by atoms with van der Waals surface area (Å²) in [6.45, 7) is 8.12. The molecule has 0 radical (unpaired) electrons. The standard InChI is InChI=1S/C28H31F3N6O4/c1-4-35(5-2)19-6-7-20-17(3)21(23(38)41-22(20)14-19)8-11-37-24(39)27(34-26(37)40)9-12-36(13-10-27)25-32-15-18(16-33-25)28(29,30)31/h6-7,14-16H,4-5,8-13H2,1-3H3,(H,34,40). The Kier molecular flexibility index (Phi) is 7.39. The van der Waals surface area contributed by atoms with Crippen molar-refractivity contribution < 1.29 is 27.2 Å². The number of hydrogen-bond donors (Lipinski definition) is 1. The minimum absolute atomic E-state index is 0.00673. The van der Waals surface area contributed by atoms with Crippen LogP contribution in [0.4, 0.5) is 29.6 Å². The summed E-state index contributed by atoms with van der Waals surface area (Å²) < 4.78 is 44.1. The molecule has 0 unspecified atom stereocenters. The van der Waals surface area contributed by atoms with Crippen LogP contribution < -0.4 is 20.7 Å². The van der Waals surface area contributed by atoms with Crippen molar-refractivity contribution in [2.75, 3.05) is 42.5 Å². The molecule has 0 aliphatic carbocycles. The molecule has 2 fully saturated rings. The number of urea groups is 1. The Bertz CT molecular complexity index is 1530. The van der Waals surface area contributed by atoms with E-state index < -0.39 is 28.9 Å². The maximum absolute atomic E-state index is 13.4. The predicted octanol–water partition coefficient (Wildman–Crippen LogP) is 3.89. The van der Waals surface area contributed by atoms with E-state index in [-0.39, 0.29) is 50.8 Å². The molecular weight excluding hydrogens is 541 g/mol. The summed E-state index contributed by atoms with van der Waals surface area (Å²) in [5.74, 6) is -0.258. The maximum atomic E-state index is 13.4. The van der Waals surface area contributed by atoms with Crippen LogP contribution in [0.5, 0.6) is 0 Å². The van der Waals surface area contributed by atoms with Crippen molar-refractivity contribution in [3.05, 3.63) is 57.7 Å². The minimum atomic E-state index is -4.53. The number of benzene rings is 1. The second-order valence-electron chi connectivity index (χ2n) is 10.3. The van der Waals surface area contributed by atoms with Gasteiger partial charge in [-0.1, -0.05) is 0 Å². The fourth-order valence-electron chi connectivity index (χ4n) is 5.62. The van der Waals surface area contributed by atoms with E-state index >= 15 is 0 Å². The van der Waals surface area contributed by atoms with Gasteiger partial charge in [0.2, 0.25) is 5.95 Å². The second kappa shape index (κ2) is 10.7. The van der Waals surface area contributed by atoms with Crippen LogP contribution in [-0.2, 0) is 17.4 Å². The van der Waals surface area contributed by atoms with E-state index in [4.69, 9.17) is 4.42 Å². The van der Waals surface area contributed by atoms with Crippen LogP contribution in [0.3, 0.4) is 0 Å². The molecule has 1 N–H and O–H groups in total. The molecule has 41 heavy (non-hydrogen) atoms. The van der Waals surface area contributed by atoms with Crippen LogP contribution >= 0.6 is 0 Å². The Hall–Kier alpha value is -4.16. The van der Waals surface area contributed by atoms with Crippen molar-refractivity contribution in [2.24, 2.45) is 0 Å². The second-order valence-corrected chi connectivity index (χ2v) is 10.3. The number of nitrogens with one attached hydrogen (secondary N) is 1. The highest BCUT2D eigenvalue weighted by Gasteiger charge is 2.52. The van der Waals surface area contributed by atoms with Crippen molar-refractivity contribution in [2.45, 2.75) is 51.7 Å². The van der Waals surface area contributed by atoms with E-state index in [9.17, 15) is 27.6 Å². The first-order valence-electron chi connectivity index (χ1n) is 13.6. The van der Waals surface area contributed by atoms with Crippen molar-refractivity contribution in [3.63, 3.8) is 0 Å². The maximum Gasteiger partial charge on any atom is 0.419 e. The van der Waals surface area contributed by atoms with Crippen LogP contribution in [-0.4, -0.2) is 65.1 Å². The van der Waals surface area contributed by atoms with Gasteiger partial charge in [0, 0.05) is 67.8 Å². The smallest absolute Gasteiger partial charge is 0.419 e. The summed E-state index contributed by atoms with van der Waals surface area (Å²) in [6.07, 6.45) is -2.45. The van der Waals surface area contributed by atoms with Crippen LogP contribution in [0.1, 0.15) is 43.4 Å². The van der Waals surface area contributed by atoms with E-state index in [1.165, 1.54) is 0 Å². The third-order valence-corrected chi connectivity index (χ3v) is 8.10. The highest BCUT2D eigenvalue weighted by molar-refractivity contribution is 6.07. The summed E-state index contributed by atoms with van der Waals surface area (Å²) in [7, 11) is 0. The van der Waals surface area contributed by atoms with Crippen molar-refractivity contribution in [1.29, 1.82) is 0 Å². The molecule has 0 bridgehead atoms. The van der Waals surface area contributed by atoms with Gasteiger partial charge in [-0.25, -0.2) is 19.6 Å². The topological polar surface area (TPSA) is 112 Å². The van der Waals surface area contributed by atoms with E-state index in [1.807, 2.05) is 25.1 Å². The largest absolute Gasteiger partial charge is 0.422 e. The number of carbonyl (C=O) groups excluding carboxylic acids is 2. The lowest BCUT2D eigenvalue weighted by molar-refractivity contribution is -0.138. The number of hydrogen-bond acceptors (Lipinski definition) is 8. The van der Waals surface area contributed by atoms with E-state index in [1.54, 1.807) is 4.90 Å². The third-order valence-electron chi connectivity index (χ3n) is 8.10. The highest BCUT2D eigenvalue weighted by atomic mass is 19.4. The molecule has 2 aliphatic heterocycles. The normalized spacial score (nSPS) is 17.0. The van der Waals surface area contributed by atoms with Gasteiger partial charge >= 0.3 is 17.8 Å². The number of imide groups is 1. The molecule has 3 aromatic rings. The lowest BCUT2D eigenvalue weighted by Gasteiger charge is -2.37. The number of anilines is 2. The zero-order valence-corrected chi connectivity index (χ0v) is 23.0. The van der Waals surface area contributed by atoms with Gasteiger partial charge in [-0.05, 0) is 57.7 Å². The fourth-order valence-corrected chi connectivity index (χ4v) is 5.62. The predicted molar refractivity (Wildman–Crippen MR) is 146 cm³/mol. The van der Waals surface area contributed by atoms with Gasteiger partial charge in [0.15, 0.2) is 0 Å². The number of carbonyl (C=O) groups is 2. The molecule has 10 nitrogen and oxygen atoms in total. The summed E-state index contributed by atoms with van der Waals surface area (Å²) in [4.78, 5) is 51.8. The fraction of sp³-hybridized carbons (Fsp3) is 0.464. The van der Waals surface area contributed by atoms with Crippen LogP contribution in [0, 0.1) is 6.92 Å². The SMILES string of the molecule is CCN(CC)c1ccc2c(C)c(CCN3C(=O)NC4(CCN(c5ncc(C(F)(F)F)cn5)CC4)C3=O)c(=O)oc2c1. The molecule has 1 aromatic carbocycles. The van der Waals surface area contributed by atoms with E-state index in [0.29, 0.717) is 11.1 Å². The number of nitrogens with zero attached hydrogens (tertiary/aromatic N) is 5. The van der Waals surface area contributed by atoms with Crippen LogP contribution in [0.2, 0.25) is 0 Å². The number of amides is 3. The van der Waals surface area contributed by atoms with Gasteiger partial charge in [-0.2, -0.15) is 13.2 Å². The summed E-state index contributed by atoms with van der Waals surface area (Å²) in [6, 6.07) is 5.21. The zero-order chi connectivity index (χ0) is 29.5. The van der Waals surface area contributed by atoms with E-state index in [2.05, 4.69) is 34.0 Å². The zero-order valence-electron chi connectivity index (χ0n) is 23.0. The number of aryl methyl sites for hydroxylation is 1. The number of fused-ring (bicyclic) bond motifs is 1. The molecule has 2 saturated heterocycles. The first-order valence-corrected chi connectivity index (χ1v) is 13.6. The molecule has 3 amide bonds. The summed E-state index contributed by atoms with van der Waals surface area (Å²) in [5.41, 5.74) is 0.0280. The van der Waals surface area contributed by atoms with Crippen molar-refractivity contribution in [3.8, 4) is 0 Å². The number of alkyl halides is 3. The van der Waals surface area contributed by atoms with Crippen molar-refractivity contribution >= 4 is 34.5 Å². The molecule has 218 valence electrons. The molecule has 1 spiro atoms. The van der Waals surface area contributed by atoms with Crippen LogP contribution in [0.25, 0.3) is 11.0 Å². The van der Waals surface area contributed by atoms with E-state index in [0.717, 1.165) is 47.0 Å². The molecular formula is C28H31F3N6O4. The van der Waals surface area contributed by atoms with Gasteiger partial charge < -0.3 is 19.5 Å². The Morgan fingerprint density at radius 2 is 1.73 bits per heavy atom. The molecule has 2 aromatic heterocycles. The minimum Gasteiger partial charge on any atom is -0.422 e. The molecule has 0 atom stereocenters. The van der Waals surface area contributed by atoms with Gasteiger partial charge in [0.25, 0.3) is 5.91 Å². The van der Waals surface area contributed by atoms with Crippen molar-refractivity contribution in [1.82, 2.24) is 20.2 Å². The number of halogens is 3. The number of rotatable bonds is 7. The highest BCUT2D eigenvalue weighted by Crippen LogP contribution is 2.33. The molecule has 0 saturated carbocycles. The van der Waals surface area contributed by atoms with Crippen LogP contribution in [0.15, 0.2) is 39.8 Å². The number of aromatic nitrogens is 2. The van der Waals surface area contributed by atoms with Gasteiger partial charge in [0.05, 0.1) is 5.56 Å². The Balaban J connectivity index is 1.27. The Morgan fingerprint density at radius 3 is 2.34 bits per heavy atom. The number of piperidine rings is 1. The Labute approximate surface area is 234 Å². The summed E-state index contributed by atoms with van der Waals surface area (Å²) >= 11 is 0. The van der Waals surface area contributed by atoms with Gasteiger partial charge in [-0.15, -0.1) is 0 Å². The molecule has 5 rings (SSSR count). The Morgan fingerprint density at radius 1 is 1.07 bits per heavy atom. The first kappa shape index (κ1) is 28.4. The lowest BCUT2D eigenvalue weighted by Crippen LogP contribution is -2.55. The van der Waals surface area contributed by atoms with Gasteiger partial charge in [-0.3, -0.25) is 9.69 Å². The average Bonchev–Trinajstić information content (AvgIpc) is 3.17. The monoisotopic (exact) mass is 572 g/mol. The van der Waals surface area contributed by atoms with Gasteiger partial charge in [0.1, 0.15) is 11.1 Å². The molecule has 13 heteroatoms. The molecule has 2 aliphatic rings. The third kappa shape index (κ3) is 5.20. The lowest BCUT2D eigenvalue weighted by atomic mass is 9.87. The first-order chi connectivity index (χ1) is 19.5. The average molecular weight is 573 g/mol. The molecule has 4 heterocycles. The summed E-state index contributed by atoms with van der Waals surface area (Å²) in [5, 5.41) is 3.60. The quantitative estimate of drug-likeness (QED) is 0.335.